The van der Waals surface area contributed by atoms with Crippen LogP contribution >= 0.6 is 0 Å². The molecule has 4 heteroatoms. The van der Waals surface area contributed by atoms with Crippen LogP contribution in [0.4, 0.5) is 0 Å². The first-order valence-electron chi connectivity index (χ1n) is 6.27. The Labute approximate surface area is 97.8 Å². The maximum Gasteiger partial charge on any atom is 0.220 e. The van der Waals surface area contributed by atoms with E-state index in [1.54, 1.807) is 0 Å². The van der Waals surface area contributed by atoms with Gasteiger partial charge in [-0.1, -0.05) is 0 Å². The quantitative estimate of drug-likeness (QED) is 0.702. The predicted molar refractivity (Wildman–Crippen MR) is 64.3 cm³/mol. The van der Waals surface area contributed by atoms with Gasteiger partial charge in [0.1, 0.15) is 0 Å². The first-order chi connectivity index (χ1) is 7.62. The fourth-order valence-electron chi connectivity index (χ4n) is 2.46. The van der Waals surface area contributed by atoms with E-state index in [2.05, 4.69) is 29.6 Å². The van der Waals surface area contributed by atoms with Crippen molar-refractivity contribution in [1.82, 2.24) is 15.5 Å². The molecule has 1 aliphatic heterocycles. The molecule has 2 N–H and O–H groups in total. The van der Waals surface area contributed by atoms with Crippen LogP contribution in [0.2, 0.25) is 0 Å². The summed E-state index contributed by atoms with van der Waals surface area (Å²) in [5.41, 5.74) is 0.244. The summed E-state index contributed by atoms with van der Waals surface area (Å²) in [5, 5.41) is 6.29. The lowest BCUT2D eigenvalue weighted by Crippen LogP contribution is -2.57. The van der Waals surface area contributed by atoms with Crippen molar-refractivity contribution in [2.24, 2.45) is 5.92 Å². The van der Waals surface area contributed by atoms with Gasteiger partial charge in [0.25, 0.3) is 0 Å². The Kier molecular flexibility index (Phi) is 3.50. The fourth-order valence-corrected chi connectivity index (χ4v) is 2.46. The van der Waals surface area contributed by atoms with Crippen LogP contribution in [-0.4, -0.2) is 50.1 Å². The standard InChI is InChI=1S/C12H23N3O/c1-15(2)12(4-3-5-12)9-14-11(16)6-10-7-13-8-10/h10,13H,3-9H2,1-2H3,(H,14,16). The molecule has 0 atom stereocenters. The summed E-state index contributed by atoms with van der Waals surface area (Å²) in [6, 6.07) is 0. The minimum absolute atomic E-state index is 0.222. The molecule has 2 rings (SSSR count). The Hall–Kier alpha value is -0.610. The number of carbonyl (C=O) groups is 1. The van der Waals surface area contributed by atoms with E-state index in [1.807, 2.05) is 0 Å². The first-order valence-corrected chi connectivity index (χ1v) is 6.27. The summed E-state index contributed by atoms with van der Waals surface area (Å²) in [4.78, 5) is 14.0. The maximum absolute atomic E-state index is 11.7. The number of amides is 1. The Morgan fingerprint density at radius 1 is 1.44 bits per heavy atom. The van der Waals surface area contributed by atoms with Crippen LogP contribution in [0.15, 0.2) is 0 Å². The summed E-state index contributed by atoms with van der Waals surface area (Å²) >= 11 is 0. The molecule has 1 aliphatic carbocycles. The predicted octanol–water partition coefficient (Wildman–Crippen LogP) is 0.196. The van der Waals surface area contributed by atoms with Crippen LogP contribution in [0.5, 0.6) is 0 Å². The van der Waals surface area contributed by atoms with Crippen LogP contribution in [-0.2, 0) is 4.79 Å². The molecular formula is C12H23N3O. The van der Waals surface area contributed by atoms with Crippen LogP contribution in [0.25, 0.3) is 0 Å². The number of rotatable bonds is 5. The number of nitrogens with one attached hydrogen (secondary N) is 2. The average molecular weight is 225 g/mol. The third-order valence-electron chi connectivity index (χ3n) is 4.19. The van der Waals surface area contributed by atoms with E-state index < -0.39 is 0 Å². The van der Waals surface area contributed by atoms with Crippen molar-refractivity contribution in [3.8, 4) is 0 Å². The zero-order valence-corrected chi connectivity index (χ0v) is 10.4. The normalized spacial score (nSPS) is 23.7. The van der Waals surface area contributed by atoms with E-state index in [4.69, 9.17) is 0 Å². The zero-order valence-electron chi connectivity index (χ0n) is 10.4. The highest BCUT2D eigenvalue weighted by atomic mass is 16.1. The molecule has 0 aromatic heterocycles. The highest BCUT2D eigenvalue weighted by molar-refractivity contribution is 5.76. The Morgan fingerprint density at radius 2 is 2.12 bits per heavy atom. The molecule has 92 valence electrons. The molecule has 0 unspecified atom stereocenters. The molecule has 2 fully saturated rings. The first kappa shape index (κ1) is 11.9. The lowest BCUT2D eigenvalue weighted by Gasteiger charge is -2.47. The largest absolute Gasteiger partial charge is 0.354 e. The van der Waals surface area contributed by atoms with Gasteiger partial charge in [0.15, 0.2) is 0 Å². The average Bonchev–Trinajstić information content (AvgIpc) is 2.09. The SMILES string of the molecule is CN(C)C1(CNC(=O)CC2CNC2)CCC1. The molecule has 1 saturated carbocycles. The van der Waals surface area contributed by atoms with Gasteiger partial charge in [-0.15, -0.1) is 0 Å². The molecule has 0 spiro atoms. The lowest BCUT2D eigenvalue weighted by molar-refractivity contribution is -0.123. The Balaban J connectivity index is 1.71. The summed E-state index contributed by atoms with van der Waals surface area (Å²) in [5.74, 6) is 0.788. The second-order valence-corrected chi connectivity index (χ2v) is 5.48. The van der Waals surface area contributed by atoms with Crippen molar-refractivity contribution >= 4 is 5.91 Å². The summed E-state index contributed by atoms with van der Waals surface area (Å²) in [7, 11) is 4.22. The topological polar surface area (TPSA) is 44.4 Å². The summed E-state index contributed by atoms with van der Waals surface area (Å²) in [6.45, 7) is 2.83. The van der Waals surface area contributed by atoms with Crippen molar-refractivity contribution in [1.29, 1.82) is 0 Å². The minimum atomic E-state index is 0.222. The summed E-state index contributed by atoms with van der Waals surface area (Å²) < 4.78 is 0. The molecule has 0 radical (unpaired) electrons. The molecule has 2 aliphatic rings. The highest BCUT2D eigenvalue weighted by Gasteiger charge is 2.39. The Morgan fingerprint density at radius 3 is 2.50 bits per heavy atom. The van der Waals surface area contributed by atoms with Crippen LogP contribution in [0.3, 0.4) is 0 Å². The second kappa shape index (κ2) is 4.72. The van der Waals surface area contributed by atoms with Crippen molar-refractivity contribution in [2.45, 2.75) is 31.2 Å². The number of likely N-dealkylation sites (N-methyl/N-ethyl adjacent to an activating group) is 1. The fraction of sp³-hybridized carbons (Fsp3) is 0.917. The minimum Gasteiger partial charge on any atom is -0.354 e. The molecular weight excluding hydrogens is 202 g/mol. The van der Waals surface area contributed by atoms with Gasteiger partial charge < -0.3 is 15.5 Å². The molecule has 0 aromatic rings. The van der Waals surface area contributed by atoms with Gasteiger partial charge in [-0.2, -0.15) is 0 Å². The van der Waals surface area contributed by atoms with E-state index in [-0.39, 0.29) is 11.4 Å². The van der Waals surface area contributed by atoms with Crippen LogP contribution in [0, 0.1) is 5.92 Å². The number of hydrogen-bond donors (Lipinski definition) is 2. The monoisotopic (exact) mass is 225 g/mol. The molecule has 4 nitrogen and oxygen atoms in total. The molecule has 1 saturated heterocycles. The molecule has 0 bridgehead atoms. The van der Waals surface area contributed by atoms with E-state index >= 15 is 0 Å². The third kappa shape index (κ3) is 2.38. The van der Waals surface area contributed by atoms with Gasteiger partial charge in [0.05, 0.1) is 0 Å². The zero-order chi connectivity index (χ0) is 11.6. The number of nitrogens with zero attached hydrogens (tertiary/aromatic N) is 1. The van der Waals surface area contributed by atoms with Gasteiger partial charge in [0, 0.05) is 18.5 Å². The van der Waals surface area contributed by atoms with Crippen LogP contribution in [0.1, 0.15) is 25.7 Å². The number of hydrogen-bond acceptors (Lipinski definition) is 3. The third-order valence-corrected chi connectivity index (χ3v) is 4.19. The van der Waals surface area contributed by atoms with E-state index in [9.17, 15) is 4.79 Å². The van der Waals surface area contributed by atoms with Crippen LogP contribution < -0.4 is 10.6 Å². The summed E-state index contributed by atoms with van der Waals surface area (Å²) in [6.07, 6.45) is 4.41. The second-order valence-electron chi connectivity index (χ2n) is 5.48. The number of carbonyl (C=O) groups excluding carboxylic acids is 1. The van der Waals surface area contributed by atoms with Gasteiger partial charge in [0.2, 0.25) is 5.91 Å². The van der Waals surface area contributed by atoms with E-state index in [0.29, 0.717) is 12.3 Å². The smallest absolute Gasteiger partial charge is 0.220 e. The van der Waals surface area contributed by atoms with Crippen molar-refractivity contribution in [3.63, 3.8) is 0 Å². The van der Waals surface area contributed by atoms with Gasteiger partial charge in [-0.05, 0) is 52.4 Å². The van der Waals surface area contributed by atoms with Gasteiger partial charge in [-0.3, -0.25) is 4.79 Å². The molecule has 1 heterocycles. The van der Waals surface area contributed by atoms with E-state index in [0.717, 1.165) is 19.6 Å². The van der Waals surface area contributed by atoms with Crippen molar-refractivity contribution in [3.05, 3.63) is 0 Å². The highest BCUT2D eigenvalue weighted by Crippen LogP contribution is 2.35. The molecule has 16 heavy (non-hydrogen) atoms. The van der Waals surface area contributed by atoms with Crippen molar-refractivity contribution in [2.75, 3.05) is 33.7 Å². The molecule has 0 aromatic carbocycles. The van der Waals surface area contributed by atoms with Gasteiger partial charge in [-0.25, -0.2) is 0 Å². The maximum atomic E-state index is 11.7. The molecule has 1 amide bonds. The lowest BCUT2D eigenvalue weighted by atomic mass is 9.75. The van der Waals surface area contributed by atoms with Gasteiger partial charge >= 0.3 is 0 Å². The van der Waals surface area contributed by atoms with E-state index in [1.165, 1.54) is 19.3 Å². The van der Waals surface area contributed by atoms with Crippen molar-refractivity contribution < 1.29 is 4.79 Å². The Bertz CT molecular complexity index is 257.